The molecule has 3 N–H and O–H groups in total. The van der Waals surface area contributed by atoms with E-state index in [9.17, 15) is 13.2 Å². The fraction of sp³-hybridized carbons (Fsp3) is 0. The van der Waals surface area contributed by atoms with Gasteiger partial charge in [0.05, 0.1) is 21.4 Å². The lowest BCUT2D eigenvalue weighted by molar-refractivity contribution is 0.0692. The van der Waals surface area contributed by atoms with Crippen LogP contribution in [0.3, 0.4) is 0 Å². The standard InChI is InChI=1S/C10H7BrClN3O4S/c11-8-6(12)2-1-3-7(8)15-20(18,19)9-5(10(16)17)4-13-14-9/h1-4,15H,(H,13,14)(H,16,17). The highest BCUT2D eigenvalue weighted by atomic mass is 79.9. The molecule has 20 heavy (non-hydrogen) atoms. The van der Waals surface area contributed by atoms with Crippen molar-refractivity contribution in [3.63, 3.8) is 0 Å². The van der Waals surface area contributed by atoms with E-state index in [-0.39, 0.29) is 5.69 Å². The maximum atomic E-state index is 12.1. The Bertz CT molecular complexity index is 775. The summed E-state index contributed by atoms with van der Waals surface area (Å²) in [6.07, 6.45) is 0.921. The van der Waals surface area contributed by atoms with Gasteiger partial charge < -0.3 is 5.11 Å². The van der Waals surface area contributed by atoms with Crippen molar-refractivity contribution in [1.29, 1.82) is 0 Å². The van der Waals surface area contributed by atoms with Crippen molar-refractivity contribution in [2.75, 3.05) is 4.72 Å². The van der Waals surface area contributed by atoms with Crippen molar-refractivity contribution >= 4 is 49.2 Å². The number of halogens is 2. The molecule has 0 amide bonds. The summed E-state index contributed by atoms with van der Waals surface area (Å²) in [5.41, 5.74) is -0.265. The second kappa shape index (κ2) is 5.43. The van der Waals surface area contributed by atoms with E-state index in [1.54, 1.807) is 12.1 Å². The number of carbonyl (C=O) groups is 1. The number of nitrogens with one attached hydrogen (secondary N) is 2. The minimum Gasteiger partial charge on any atom is -0.478 e. The third-order valence-corrected chi connectivity index (χ3v) is 5.03. The van der Waals surface area contributed by atoms with Crippen LogP contribution in [0.15, 0.2) is 33.9 Å². The lowest BCUT2D eigenvalue weighted by atomic mass is 10.3. The number of sulfonamides is 1. The summed E-state index contributed by atoms with van der Waals surface area (Å²) < 4.78 is 26.9. The van der Waals surface area contributed by atoms with Crippen molar-refractivity contribution in [2.45, 2.75) is 5.03 Å². The normalized spacial score (nSPS) is 11.3. The molecule has 0 radical (unpaired) electrons. The van der Waals surface area contributed by atoms with Gasteiger partial charge in [0.15, 0.2) is 5.03 Å². The first-order valence-corrected chi connectivity index (χ1v) is 7.72. The van der Waals surface area contributed by atoms with Crippen LogP contribution >= 0.6 is 27.5 Å². The van der Waals surface area contributed by atoms with Gasteiger partial charge in [-0.25, -0.2) is 4.79 Å². The molecule has 0 aliphatic carbocycles. The van der Waals surface area contributed by atoms with Gasteiger partial charge in [0.2, 0.25) is 0 Å². The fourth-order valence-corrected chi connectivity index (χ4v) is 3.24. The van der Waals surface area contributed by atoms with Gasteiger partial charge in [0.1, 0.15) is 5.56 Å². The summed E-state index contributed by atoms with van der Waals surface area (Å²) >= 11 is 9.00. The quantitative estimate of drug-likeness (QED) is 0.753. The molecule has 0 unspecified atom stereocenters. The highest BCUT2D eigenvalue weighted by Crippen LogP contribution is 2.31. The highest BCUT2D eigenvalue weighted by molar-refractivity contribution is 9.10. The molecule has 1 heterocycles. The minimum atomic E-state index is -4.12. The first-order chi connectivity index (χ1) is 9.33. The molecular weight excluding hydrogens is 374 g/mol. The molecule has 0 saturated heterocycles. The maximum Gasteiger partial charge on any atom is 0.340 e. The monoisotopic (exact) mass is 379 g/mol. The molecule has 0 spiro atoms. The summed E-state index contributed by atoms with van der Waals surface area (Å²) in [7, 11) is -4.12. The van der Waals surface area contributed by atoms with Gasteiger partial charge in [-0.15, -0.1) is 0 Å². The van der Waals surface area contributed by atoms with E-state index in [4.69, 9.17) is 16.7 Å². The Labute approximate surface area is 127 Å². The summed E-state index contributed by atoms with van der Waals surface area (Å²) in [4.78, 5) is 10.9. The van der Waals surface area contributed by atoms with E-state index in [0.29, 0.717) is 9.50 Å². The Morgan fingerprint density at radius 3 is 2.80 bits per heavy atom. The molecule has 0 saturated carbocycles. The molecule has 0 bridgehead atoms. The predicted octanol–water partition coefficient (Wildman–Crippen LogP) is 2.32. The zero-order chi connectivity index (χ0) is 14.9. The van der Waals surface area contributed by atoms with Gasteiger partial charge in [-0.05, 0) is 28.1 Å². The van der Waals surface area contributed by atoms with Crippen LogP contribution in [0.5, 0.6) is 0 Å². The van der Waals surface area contributed by atoms with E-state index in [1.165, 1.54) is 6.07 Å². The van der Waals surface area contributed by atoms with Crippen LogP contribution in [0.1, 0.15) is 10.4 Å². The van der Waals surface area contributed by atoms with Crippen LogP contribution in [-0.4, -0.2) is 29.7 Å². The molecule has 106 valence electrons. The Morgan fingerprint density at radius 1 is 1.45 bits per heavy atom. The summed E-state index contributed by atoms with van der Waals surface area (Å²) in [6.45, 7) is 0. The molecule has 0 aliphatic heterocycles. The first-order valence-electron chi connectivity index (χ1n) is 5.06. The van der Waals surface area contributed by atoms with Gasteiger partial charge in [-0.3, -0.25) is 9.82 Å². The smallest absolute Gasteiger partial charge is 0.340 e. The maximum absolute atomic E-state index is 12.1. The zero-order valence-electron chi connectivity index (χ0n) is 9.59. The van der Waals surface area contributed by atoms with Crippen molar-refractivity contribution in [2.24, 2.45) is 0 Å². The summed E-state index contributed by atoms with van der Waals surface area (Å²) in [5.74, 6) is -1.40. The molecule has 0 fully saturated rings. The number of carboxylic acids is 1. The van der Waals surface area contributed by atoms with E-state index in [2.05, 4.69) is 30.8 Å². The lowest BCUT2D eigenvalue weighted by Gasteiger charge is -2.09. The Morgan fingerprint density at radius 2 is 2.15 bits per heavy atom. The number of hydrogen-bond donors (Lipinski definition) is 3. The molecule has 0 aliphatic rings. The Hall–Kier alpha value is -1.58. The third-order valence-electron chi connectivity index (χ3n) is 2.30. The molecule has 0 atom stereocenters. The average molecular weight is 381 g/mol. The highest BCUT2D eigenvalue weighted by Gasteiger charge is 2.25. The van der Waals surface area contributed by atoms with E-state index in [1.807, 2.05) is 0 Å². The van der Waals surface area contributed by atoms with Crippen molar-refractivity contribution in [1.82, 2.24) is 10.2 Å². The second-order valence-corrected chi connectivity index (χ2v) is 6.44. The molecule has 10 heteroatoms. The lowest BCUT2D eigenvalue weighted by Crippen LogP contribution is -2.17. The van der Waals surface area contributed by atoms with Gasteiger partial charge in [-0.2, -0.15) is 13.5 Å². The van der Waals surface area contributed by atoms with E-state index in [0.717, 1.165) is 6.20 Å². The largest absolute Gasteiger partial charge is 0.478 e. The molecule has 2 rings (SSSR count). The molecule has 1 aromatic carbocycles. The van der Waals surface area contributed by atoms with Crippen LogP contribution in [0, 0.1) is 0 Å². The van der Waals surface area contributed by atoms with Crippen LogP contribution in [-0.2, 0) is 10.0 Å². The zero-order valence-corrected chi connectivity index (χ0v) is 12.8. The van der Waals surface area contributed by atoms with Gasteiger partial charge in [0, 0.05) is 0 Å². The van der Waals surface area contributed by atoms with Crippen LogP contribution in [0.25, 0.3) is 0 Å². The number of benzene rings is 1. The third kappa shape index (κ3) is 2.79. The number of aromatic amines is 1. The number of anilines is 1. The molecular formula is C10H7BrClN3O4S. The SMILES string of the molecule is O=C(O)c1cn[nH]c1S(=O)(=O)Nc1cccc(Cl)c1Br. The number of H-pyrrole nitrogens is 1. The number of rotatable bonds is 4. The minimum absolute atomic E-state index is 0.184. The number of aromatic carboxylic acids is 1. The Balaban J connectivity index is 2.44. The molecule has 2 aromatic rings. The van der Waals surface area contributed by atoms with Crippen molar-refractivity contribution in [3.8, 4) is 0 Å². The van der Waals surface area contributed by atoms with Crippen molar-refractivity contribution < 1.29 is 18.3 Å². The van der Waals surface area contributed by atoms with Crippen LogP contribution in [0.2, 0.25) is 5.02 Å². The number of hydrogen-bond acceptors (Lipinski definition) is 4. The fourth-order valence-electron chi connectivity index (χ4n) is 1.41. The van der Waals surface area contributed by atoms with E-state index >= 15 is 0 Å². The summed E-state index contributed by atoms with van der Waals surface area (Å²) in [6, 6.07) is 4.60. The molecule has 1 aromatic heterocycles. The number of aromatic nitrogens is 2. The molecule has 7 nitrogen and oxygen atoms in total. The van der Waals surface area contributed by atoms with Gasteiger partial charge in [-0.1, -0.05) is 17.7 Å². The predicted molar refractivity (Wildman–Crippen MR) is 75.5 cm³/mol. The van der Waals surface area contributed by atoms with E-state index < -0.39 is 26.6 Å². The second-order valence-electron chi connectivity index (χ2n) is 3.62. The summed E-state index contributed by atoms with van der Waals surface area (Å²) in [5, 5.41) is 14.3. The average Bonchev–Trinajstić information content (AvgIpc) is 2.85. The Kier molecular flexibility index (Phi) is 4.02. The van der Waals surface area contributed by atoms with Gasteiger partial charge in [0.25, 0.3) is 10.0 Å². The van der Waals surface area contributed by atoms with Crippen molar-refractivity contribution in [3.05, 3.63) is 39.5 Å². The topological polar surface area (TPSA) is 112 Å². The van der Waals surface area contributed by atoms with Crippen LogP contribution in [0.4, 0.5) is 5.69 Å². The first kappa shape index (κ1) is 14.8. The van der Waals surface area contributed by atoms with Crippen LogP contribution < -0.4 is 4.72 Å². The number of nitrogens with zero attached hydrogens (tertiary/aromatic N) is 1. The van der Waals surface area contributed by atoms with Gasteiger partial charge >= 0.3 is 5.97 Å². The number of carboxylic acid groups (broad SMARTS) is 1.